The molecule has 0 radical (unpaired) electrons. The first-order valence-electron chi connectivity index (χ1n) is 9.84. The number of hydrogen-bond acceptors (Lipinski definition) is 7. The highest BCUT2D eigenvalue weighted by atomic mass is 32.1. The number of aryl methyl sites for hydroxylation is 1. The summed E-state index contributed by atoms with van der Waals surface area (Å²) in [7, 11) is 0. The van der Waals surface area contributed by atoms with Crippen LogP contribution in [0.1, 0.15) is 46.8 Å². The molecule has 7 nitrogen and oxygen atoms in total. The summed E-state index contributed by atoms with van der Waals surface area (Å²) in [5.41, 5.74) is 3.30. The molecule has 1 saturated heterocycles. The number of alkyl halides is 3. The number of morpholine rings is 1. The first-order valence-corrected chi connectivity index (χ1v) is 10.7. The SMILES string of the molecule is O=C(NC[C@@H](c1cnc(C(F)(F)F)nc1)N1CCOCC1)[C@H]1CCCc2ncsc21. The minimum Gasteiger partial charge on any atom is -0.379 e. The Kier molecular flexibility index (Phi) is 6.30. The molecule has 1 aliphatic carbocycles. The summed E-state index contributed by atoms with van der Waals surface area (Å²) < 4.78 is 43.8. The molecule has 2 atom stereocenters. The standard InChI is InChI=1S/C19H22F3N5O2S/c20-19(21,22)18-24-8-12(9-25-18)15(27-4-6-29-7-5-27)10-23-17(28)13-2-1-3-14-16(13)30-11-26-14/h8-9,11,13,15H,1-7,10H2,(H,23,28)/t13-,15-/m0/s1. The predicted octanol–water partition coefficient (Wildman–Crippen LogP) is 2.56. The summed E-state index contributed by atoms with van der Waals surface area (Å²) in [5.74, 6) is -1.47. The maximum atomic E-state index is 12.9. The topological polar surface area (TPSA) is 80.2 Å². The van der Waals surface area contributed by atoms with Gasteiger partial charge in [-0.15, -0.1) is 11.3 Å². The van der Waals surface area contributed by atoms with Gasteiger partial charge in [0.1, 0.15) is 0 Å². The normalized spacial score (nSPS) is 21.1. The largest absolute Gasteiger partial charge is 0.451 e. The Morgan fingerprint density at radius 3 is 2.70 bits per heavy atom. The average molecular weight is 441 g/mol. The molecule has 3 heterocycles. The van der Waals surface area contributed by atoms with E-state index in [9.17, 15) is 18.0 Å². The van der Waals surface area contributed by atoms with E-state index < -0.39 is 12.0 Å². The summed E-state index contributed by atoms with van der Waals surface area (Å²) in [5, 5.41) is 3.00. The molecule has 0 unspecified atom stereocenters. The lowest BCUT2D eigenvalue weighted by Crippen LogP contribution is -2.44. The molecular formula is C19H22F3N5O2S. The van der Waals surface area contributed by atoms with E-state index in [0.717, 1.165) is 29.8 Å². The van der Waals surface area contributed by atoms with Gasteiger partial charge in [-0.25, -0.2) is 15.0 Å². The number of carbonyl (C=O) groups excluding carboxylic acids is 1. The van der Waals surface area contributed by atoms with Crippen LogP contribution in [0.2, 0.25) is 0 Å². The van der Waals surface area contributed by atoms with E-state index >= 15 is 0 Å². The highest BCUT2D eigenvalue weighted by Gasteiger charge is 2.35. The zero-order valence-electron chi connectivity index (χ0n) is 16.2. The molecule has 0 saturated carbocycles. The maximum absolute atomic E-state index is 12.9. The van der Waals surface area contributed by atoms with Crippen LogP contribution in [-0.2, 0) is 22.1 Å². The zero-order valence-corrected chi connectivity index (χ0v) is 17.0. The van der Waals surface area contributed by atoms with Gasteiger partial charge in [0.15, 0.2) is 0 Å². The summed E-state index contributed by atoms with van der Waals surface area (Å²) in [4.78, 5) is 27.3. The third-order valence-electron chi connectivity index (χ3n) is 5.48. The zero-order chi connectivity index (χ0) is 21.1. The molecule has 1 amide bonds. The van der Waals surface area contributed by atoms with Crippen molar-refractivity contribution in [2.24, 2.45) is 0 Å². The average Bonchev–Trinajstić information content (AvgIpc) is 3.23. The fourth-order valence-corrected chi connectivity index (χ4v) is 4.90. The summed E-state index contributed by atoms with van der Waals surface area (Å²) in [6.07, 6.45) is 0.381. The van der Waals surface area contributed by atoms with Crippen molar-refractivity contribution in [2.45, 2.75) is 37.4 Å². The Bertz CT molecular complexity index is 868. The number of ether oxygens (including phenoxy) is 1. The molecule has 4 rings (SSSR count). The Balaban J connectivity index is 1.49. The number of aromatic nitrogens is 3. The number of halogens is 3. The van der Waals surface area contributed by atoms with Crippen molar-refractivity contribution in [1.82, 2.24) is 25.2 Å². The first kappa shape index (κ1) is 21.1. The van der Waals surface area contributed by atoms with Gasteiger partial charge in [-0.1, -0.05) is 0 Å². The maximum Gasteiger partial charge on any atom is 0.451 e. The molecule has 2 aromatic heterocycles. The van der Waals surface area contributed by atoms with Gasteiger partial charge >= 0.3 is 6.18 Å². The molecule has 0 spiro atoms. The molecule has 1 N–H and O–H groups in total. The lowest BCUT2D eigenvalue weighted by Gasteiger charge is -2.35. The monoisotopic (exact) mass is 441 g/mol. The summed E-state index contributed by atoms with van der Waals surface area (Å²) in [6.45, 7) is 2.55. The minimum atomic E-state index is -4.59. The van der Waals surface area contributed by atoms with Crippen LogP contribution in [0.25, 0.3) is 0 Å². The van der Waals surface area contributed by atoms with Gasteiger partial charge in [0, 0.05) is 42.5 Å². The van der Waals surface area contributed by atoms with Crippen LogP contribution < -0.4 is 5.32 Å². The van der Waals surface area contributed by atoms with E-state index in [1.54, 1.807) is 5.51 Å². The molecule has 1 fully saturated rings. The Morgan fingerprint density at radius 1 is 1.27 bits per heavy atom. The number of carbonyl (C=O) groups is 1. The fourth-order valence-electron chi connectivity index (χ4n) is 3.93. The van der Waals surface area contributed by atoms with Gasteiger partial charge in [0.2, 0.25) is 11.7 Å². The summed E-state index contributed by atoms with van der Waals surface area (Å²) >= 11 is 1.50. The van der Waals surface area contributed by atoms with Crippen LogP contribution in [0.15, 0.2) is 17.9 Å². The smallest absolute Gasteiger partial charge is 0.379 e. The molecule has 30 heavy (non-hydrogen) atoms. The van der Waals surface area contributed by atoms with E-state index in [0.29, 0.717) is 31.9 Å². The van der Waals surface area contributed by atoms with Crippen molar-refractivity contribution in [3.8, 4) is 0 Å². The Labute approximate surface area is 175 Å². The molecule has 1 aliphatic heterocycles. The third kappa shape index (κ3) is 4.62. The highest BCUT2D eigenvalue weighted by molar-refractivity contribution is 7.10. The van der Waals surface area contributed by atoms with Gasteiger partial charge in [-0.2, -0.15) is 13.2 Å². The minimum absolute atomic E-state index is 0.0775. The molecule has 0 aromatic carbocycles. The van der Waals surface area contributed by atoms with Gasteiger partial charge in [-0.05, 0) is 19.3 Å². The van der Waals surface area contributed by atoms with Crippen molar-refractivity contribution in [3.63, 3.8) is 0 Å². The van der Waals surface area contributed by atoms with Crippen molar-refractivity contribution < 1.29 is 22.7 Å². The number of nitrogens with one attached hydrogen (secondary N) is 1. The van der Waals surface area contributed by atoms with Crippen LogP contribution in [0.3, 0.4) is 0 Å². The lowest BCUT2D eigenvalue weighted by molar-refractivity contribution is -0.145. The van der Waals surface area contributed by atoms with E-state index in [1.165, 1.54) is 23.7 Å². The van der Waals surface area contributed by atoms with Gasteiger partial charge < -0.3 is 10.1 Å². The number of amides is 1. The van der Waals surface area contributed by atoms with Crippen LogP contribution in [0.4, 0.5) is 13.2 Å². The van der Waals surface area contributed by atoms with E-state index in [4.69, 9.17) is 4.74 Å². The predicted molar refractivity (Wildman–Crippen MR) is 103 cm³/mol. The van der Waals surface area contributed by atoms with Crippen LogP contribution in [0.5, 0.6) is 0 Å². The van der Waals surface area contributed by atoms with E-state index in [-0.39, 0.29) is 24.4 Å². The second kappa shape index (κ2) is 8.94. The van der Waals surface area contributed by atoms with Crippen molar-refractivity contribution in [2.75, 3.05) is 32.8 Å². The van der Waals surface area contributed by atoms with Crippen molar-refractivity contribution >= 4 is 17.2 Å². The van der Waals surface area contributed by atoms with Gasteiger partial charge in [-0.3, -0.25) is 9.69 Å². The molecular weight excluding hydrogens is 419 g/mol. The van der Waals surface area contributed by atoms with E-state index in [2.05, 4.69) is 25.2 Å². The third-order valence-corrected chi connectivity index (χ3v) is 6.46. The van der Waals surface area contributed by atoms with Crippen LogP contribution >= 0.6 is 11.3 Å². The molecule has 11 heteroatoms. The lowest BCUT2D eigenvalue weighted by atomic mass is 9.91. The van der Waals surface area contributed by atoms with Crippen LogP contribution in [0, 0.1) is 0 Å². The van der Waals surface area contributed by atoms with Crippen molar-refractivity contribution in [3.05, 3.63) is 39.9 Å². The van der Waals surface area contributed by atoms with Gasteiger partial charge in [0.25, 0.3) is 0 Å². The molecule has 2 aliphatic rings. The second-order valence-corrected chi connectivity index (χ2v) is 8.24. The fraction of sp³-hybridized carbons (Fsp3) is 0.579. The quantitative estimate of drug-likeness (QED) is 0.768. The number of fused-ring (bicyclic) bond motifs is 1. The number of rotatable bonds is 5. The van der Waals surface area contributed by atoms with Gasteiger partial charge in [0.05, 0.1) is 36.4 Å². The number of nitrogens with zero attached hydrogens (tertiary/aromatic N) is 4. The van der Waals surface area contributed by atoms with E-state index in [1.807, 2.05) is 0 Å². The molecule has 2 aromatic rings. The molecule has 162 valence electrons. The summed E-state index contributed by atoms with van der Waals surface area (Å²) in [6, 6.07) is -0.329. The highest BCUT2D eigenvalue weighted by Crippen LogP contribution is 2.34. The Morgan fingerprint density at radius 2 is 2.00 bits per heavy atom. The number of thiazole rings is 1. The molecule has 0 bridgehead atoms. The van der Waals surface area contributed by atoms with Crippen LogP contribution in [-0.4, -0.2) is 58.6 Å². The Hall–Kier alpha value is -2.11. The first-order chi connectivity index (χ1) is 14.4. The number of hydrogen-bond donors (Lipinski definition) is 1. The second-order valence-electron chi connectivity index (χ2n) is 7.36. The van der Waals surface area contributed by atoms with Crippen molar-refractivity contribution in [1.29, 1.82) is 0 Å².